The molecule has 0 fully saturated rings. The van der Waals surface area contributed by atoms with Crippen molar-refractivity contribution in [3.05, 3.63) is 58.9 Å². The fourth-order valence-electron chi connectivity index (χ4n) is 2.25. The van der Waals surface area contributed by atoms with Gasteiger partial charge in [0.2, 0.25) is 0 Å². The average molecular weight is 289 g/mol. The molecule has 0 aromatic heterocycles. The lowest BCUT2D eigenvalue weighted by atomic mass is 9.97. The van der Waals surface area contributed by atoms with Crippen molar-refractivity contribution in [2.45, 2.75) is 19.9 Å². The second-order valence-corrected chi connectivity index (χ2v) is 4.85. The third-order valence-corrected chi connectivity index (χ3v) is 3.34. The maximum Gasteiger partial charge on any atom is 0.165 e. The lowest BCUT2D eigenvalue weighted by Gasteiger charge is -2.18. The van der Waals surface area contributed by atoms with Crippen molar-refractivity contribution in [1.29, 1.82) is 0 Å². The summed E-state index contributed by atoms with van der Waals surface area (Å²) in [5.41, 5.74) is 8.90. The molecule has 0 saturated carbocycles. The summed E-state index contributed by atoms with van der Waals surface area (Å²) in [5.74, 6) is 0.517. The maximum atomic E-state index is 13.8. The van der Waals surface area contributed by atoms with Crippen LogP contribution in [0.5, 0.6) is 11.5 Å². The van der Waals surface area contributed by atoms with Crippen LogP contribution in [-0.2, 0) is 0 Å². The number of nitrogens with two attached hydrogens (primary N) is 1. The van der Waals surface area contributed by atoms with Gasteiger partial charge in [0.15, 0.2) is 11.6 Å². The van der Waals surface area contributed by atoms with E-state index >= 15 is 0 Å². The van der Waals surface area contributed by atoms with E-state index in [-0.39, 0.29) is 5.75 Å². The number of aryl methyl sites for hydroxylation is 1. The van der Waals surface area contributed by atoms with Crippen LogP contribution in [0.15, 0.2) is 36.4 Å². The number of hydrogen-bond acceptors (Lipinski definition) is 3. The number of methoxy groups -OCH3 is 1. The summed E-state index contributed by atoms with van der Waals surface area (Å²) in [4.78, 5) is 0. The summed E-state index contributed by atoms with van der Waals surface area (Å²) in [7, 11) is 1.44. The predicted octanol–water partition coefficient (Wildman–Crippen LogP) is 3.59. The molecule has 1 unspecified atom stereocenters. The number of benzene rings is 2. The van der Waals surface area contributed by atoms with Gasteiger partial charge in [-0.1, -0.05) is 23.8 Å². The predicted molar refractivity (Wildman–Crippen MR) is 81.3 cm³/mol. The van der Waals surface area contributed by atoms with E-state index in [1.165, 1.54) is 13.2 Å². The van der Waals surface area contributed by atoms with Crippen molar-refractivity contribution in [2.24, 2.45) is 5.73 Å². The molecule has 112 valence electrons. The zero-order chi connectivity index (χ0) is 15.4. The Balaban J connectivity index is 2.41. The molecule has 2 N–H and O–H groups in total. The largest absolute Gasteiger partial charge is 0.494 e. The summed E-state index contributed by atoms with van der Waals surface area (Å²) >= 11 is 0. The van der Waals surface area contributed by atoms with Crippen LogP contribution in [-0.4, -0.2) is 13.7 Å². The smallest absolute Gasteiger partial charge is 0.165 e. The summed E-state index contributed by atoms with van der Waals surface area (Å²) in [5, 5.41) is 0. The fourth-order valence-corrected chi connectivity index (χ4v) is 2.25. The van der Waals surface area contributed by atoms with E-state index in [1.54, 1.807) is 12.1 Å². The monoisotopic (exact) mass is 289 g/mol. The normalized spacial score (nSPS) is 12.0. The van der Waals surface area contributed by atoms with Gasteiger partial charge in [0.25, 0.3) is 0 Å². The minimum atomic E-state index is -0.452. The van der Waals surface area contributed by atoms with Crippen LogP contribution in [0.4, 0.5) is 4.39 Å². The van der Waals surface area contributed by atoms with Crippen LogP contribution in [0.1, 0.15) is 29.7 Å². The standard InChI is InChI=1S/C17H20FNO2/c1-4-21-15-7-5-11(2)9-13(15)17(19)12-6-8-16(20-3)14(18)10-12/h5-10,17H,4,19H2,1-3H3. The first kappa shape index (κ1) is 15.3. The van der Waals surface area contributed by atoms with Crippen LogP contribution < -0.4 is 15.2 Å². The summed E-state index contributed by atoms with van der Waals surface area (Å²) < 4.78 is 24.4. The van der Waals surface area contributed by atoms with Crippen molar-refractivity contribution < 1.29 is 13.9 Å². The molecule has 0 spiro atoms. The average Bonchev–Trinajstić information content (AvgIpc) is 2.48. The van der Waals surface area contributed by atoms with Crippen molar-refractivity contribution in [2.75, 3.05) is 13.7 Å². The van der Waals surface area contributed by atoms with Gasteiger partial charge in [-0.3, -0.25) is 0 Å². The molecule has 0 radical (unpaired) electrons. The molecule has 0 amide bonds. The Labute approximate surface area is 124 Å². The number of halogens is 1. The zero-order valence-electron chi connectivity index (χ0n) is 12.5. The molecule has 2 aromatic carbocycles. The molecule has 4 heteroatoms. The lowest BCUT2D eigenvalue weighted by Crippen LogP contribution is -2.14. The Hall–Kier alpha value is -2.07. The van der Waals surface area contributed by atoms with Crippen molar-refractivity contribution >= 4 is 0 Å². The topological polar surface area (TPSA) is 44.5 Å². The fraction of sp³-hybridized carbons (Fsp3) is 0.294. The van der Waals surface area contributed by atoms with Crippen LogP contribution >= 0.6 is 0 Å². The summed E-state index contributed by atoms with van der Waals surface area (Å²) in [6.45, 7) is 4.46. The Bertz CT molecular complexity index is 628. The number of ether oxygens (including phenoxy) is 2. The van der Waals surface area contributed by atoms with Gasteiger partial charge in [-0.15, -0.1) is 0 Å². The highest BCUT2D eigenvalue weighted by Crippen LogP contribution is 2.31. The third kappa shape index (κ3) is 3.34. The maximum absolute atomic E-state index is 13.8. The van der Waals surface area contributed by atoms with Crippen LogP contribution in [0.2, 0.25) is 0 Å². The van der Waals surface area contributed by atoms with Crippen molar-refractivity contribution in [3.8, 4) is 11.5 Å². The van der Waals surface area contributed by atoms with E-state index in [2.05, 4.69) is 0 Å². The van der Waals surface area contributed by atoms with Gasteiger partial charge in [0, 0.05) is 5.56 Å². The second kappa shape index (κ2) is 6.59. The Morgan fingerprint density at radius 2 is 1.86 bits per heavy atom. The Morgan fingerprint density at radius 1 is 1.14 bits per heavy atom. The van der Waals surface area contributed by atoms with E-state index in [0.29, 0.717) is 12.2 Å². The first-order valence-corrected chi connectivity index (χ1v) is 6.89. The molecule has 1 atom stereocenters. The molecule has 21 heavy (non-hydrogen) atoms. The minimum absolute atomic E-state index is 0.209. The van der Waals surface area contributed by atoms with Crippen LogP contribution in [0, 0.1) is 12.7 Å². The zero-order valence-corrected chi connectivity index (χ0v) is 12.5. The summed E-state index contributed by atoms with van der Waals surface area (Å²) in [6, 6.07) is 10.1. The molecule has 2 aromatic rings. The molecule has 0 aliphatic heterocycles. The first-order valence-electron chi connectivity index (χ1n) is 6.89. The second-order valence-electron chi connectivity index (χ2n) is 4.85. The van der Waals surface area contributed by atoms with Crippen LogP contribution in [0.25, 0.3) is 0 Å². The van der Waals surface area contributed by atoms with Gasteiger partial charge in [-0.2, -0.15) is 0 Å². The number of rotatable bonds is 5. The SMILES string of the molecule is CCOc1ccc(C)cc1C(N)c1ccc(OC)c(F)c1. The highest BCUT2D eigenvalue weighted by molar-refractivity contribution is 5.44. The van der Waals surface area contributed by atoms with Gasteiger partial charge in [0.1, 0.15) is 5.75 Å². The van der Waals surface area contributed by atoms with E-state index in [4.69, 9.17) is 15.2 Å². The molecular weight excluding hydrogens is 269 g/mol. The molecule has 0 aliphatic rings. The molecular formula is C17H20FNO2. The Kier molecular flexibility index (Phi) is 4.81. The van der Waals surface area contributed by atoms with Gasteiger partial charge in [0.05, 0.1) is 19.8 Å². The quantitative estimate of drug-likeness (QED) is 0.915. The third-order valence-electron chi connectivity index (χ3n) is 3.34. The highest BCUT2D eigenvalue weighted by Gasteiger charge is 2.16. The van der Waals surface area contributed by atoms with Gasteiger partial charge in [-0.25, -0.2) is 4.39 Å². The van der Waals surface area contributed by atoms with Crippen LogP contribution in [0.3, 0.4) is 0 Å². The number of hydrogen-bond donors (Lipinski definition) is 1. The molecule has 0 bridgehead atoms. The van der Waals surface area contributed by atoms with Gasteiger partial charge >= 0.3 is 0 Å². The van der Waals surface area contributed by atoms with E-state index in [9.17, 15) is 4.39 Å². The molecule has 3 nitrogen and oxygen atoms in total. The summed E-state index contributed by atoms with van der Waals surface area (Å²) in [6.07, 6.45) is 0. The molecule has 0 heterocycles. The van der Waals surface area contributed by atoms with E-state index < -0.39 is 11.9 Å². The minimum Gasteiger partial charge on any atom is -0.494 e. The highest BCUT2D eigenvalue weighted by atomic mass is 19.1. The van der Waals surface area contributed by atoms with Gasteiger partial charge < -0.3 is 15.2 Å². The van der Waals surface area contributed by atoms with E-state index in [1.807, 2.05) is 32.0 Å². The molecule has 2 rings (SSSR count). The van der Waals surface area contributed by atoms with Crippen molar-refractivity contribution in [1.82, 2.24) is 0 Å². The van der Waals surface area contributed by atoms with Crippen molar-refractivity contribution in [3.63, 3.8) is 0 Å². The first-order chi connectivity index (χ1) is 10.1. The van der Waals surface area contributed by atoms with Gasteiger partial charge in [-0.05, 0) is 37.6 Å². The molecule has 0 saturated heterocycles. The molecule has 0 aliphatic carbocycles. The lowest BCUT2D eigenvalue weighted by molar-refractivity contribution is 0.335. The Morgan fingerprint density at radius 3 is 2.48 bits per heavy atom. The van der Waals surface area contributed by atoms with E-state index in [0.717, 1.165) is 16.9 Å².